The van der Waals surface area contributed by atoms with Gasteiger partial charge >= 0.3 is 0 Å². The molecule has 3 aromatic rings. The summed E-state index contributed by atoms with van der Waals surface area (Å²) in [6, 6.07) is 9.34. The normalized spacial score (nSPS) is 13.4. The van der Waals surface area contributed by atoms with E-state index in [9.17, 15) is 9.59 Å². The second kappa shape index (κ2) is 6.39. The molecule has 0 aliphatic carbocycles. The van der Waals surface area contributed by atoms with Gasteiger partial charge in [0.1, 0.15) is 10.7 Å². The van der Waals surface area contributed by atoms with Gasteiger partial charge < -0.3 is 15.0 Å². The molecule has 0 radical (unpaired) electrons. The van der Waals surface area contributed by atoms with Crippen molar-refractivity contribution < 1.29 is 0 Å². The summed E-state index contributed by atoms with van der Waals surface area (Å²) in [6.45, 7) is 6.13. The molecule has 0 bridgehead atoms. The second-order valence-electron chi connectivity index (χ2n) is 6.85. The van der Waals surface area contributed by atoms with Crippen molar-refractivity contribution in [2.45, 2.75) is 26.2 Å². The van der Waals surface area contributed by atoms with Crippen LogP contribution in [-0.4, -0.2) is 19.9 Å². The highest BCUT2D eigenvalue weighted by Crippen LogP contribution is 2.22. The van der Waals surface area contributed by atoms with Crippen molar-refractivity contribution >= 4 is 12.2 Å². The van der Waals surface area contributed by atoms with E-state index in [-0.39, 0.29) is 27.2 Å². The Morgan fingerprint density at radius 2 is 1.52 bits per heavy atom. The van der Waals surface area contributed by atoms with E-state index in [1.807, 2.05) is 51.1 Å². The van der Waals surface area contributed by atoms with Crippen LogP contribution in [0.25, 0.3) is 12.2 Å². The summed E-state index contributed by atoms with van der Waals surface area (Å²) < 4.78 is 0. The van der Waals surface area contributed by atoms with Crippen molar-refractivity contribution in [3.8, 4) is 0 Å². The number of aromatic nitrogens is 4. The largest absolute Gasteiger partial charge is 0.348 e. The zero-order valence-electron chi connectivity index (χ0n) is 14.4. The Bertz CT molecular complexity index is 1110. The van der Waals surface area contributed by atoms with Crippen molar-refractivity contribution in [3.05, 3.63) is 85.0 Å². The molecule has 0 saturated carbocycles. The molecule has 6 nitrogen and oxygen atoms in total. The Labute approximate surface area is 144 Å². The molecule has 0 spiro atoms. The highest BCUT2D eigenvalue weighted by Gasteiger charge is 2.19. The number of rotatable bonds is 2. The minimum Gasteiger partial charge on any atom is -0.348 e. The first kappa shape index (κ1) is 16.7. The molecule has 0 aliphatic rings. The van der Waals surface area contributed by atoms with Crippen LogP contribution >= 0.6 is 0 Å². The van der Waals surface area contributed by atoms with Crippen molar-refractivity contribution in [1.29, 1.82) is 0 Å². The molecule has 0 unspecified atom stereocenters. The van der Waals surface area contributed by atoms with Crippen LogP contribution in [0.5, 0.6) is 0 Å². The van der Waals surface area contributed by atoms with Gasteiger partial charge in [0.25, 0.3) is 11.1 Å². The molecule has 25 heavy (non-hydrogen) atoms. The maximum Gasteiger partial charge on any atom is 0.272 e. The van der Waals surface area contributed by atoms with Crippen LogP contribution in [0, 0.1) is 0 Å². The molecule has 0 aliphatic heterocycles. The van der Waals surface area contributed by atoms with Gasteiger partial charge in [0, 0.05) is 11.1 Å². The van der Waals surface area contributed by atoms with E-state index in [1.165, 1.54) is 0 Å². The van der Waals surface area contributed by atoms with E-state index in [1.54, 1.807) is 18.5 Å². The van der Waals surface area contributed by atoms with Crippen LogP contribution in [0.2, 0.25) is 0 Å². The molecule has 3 rings (SSSR count). The van der Waals surface area contributed by atoms with Crippen LogP contribution in [0.1, 0.15) is 37.7 Å². The lowest BCUT2D eigenvalue weighted by molar-refractivity contribution is 0.571. The van der Waals surface area contributed by atoms with Crippen molar-refractivity contribution in [2.24, 2.45) is 0 Å². The first-order valence-corrected chi connectivity index (χ1v) is 7.99. The van der Waals surface area contributed by atoms with Crippen molar-refractivity contribution in [2.75, 3.05) is 0 Å². The molecule has 1 aromatic carbocycles. The molecule has 0 fully saturated rings. The highest BCUT2D eigenvalue weighted by atomic mass is 16.1. The summed E-state index contributed by atoms with van der Waals surface area (Å²) in [5, 5.41) is 0.388. The average Bonchev–Trinajstić information content (AvgIpc) is 3.02. The minimum absolute atomic E-state index is 0.156. The van der Waals surface area contributed by atoms with Gasteiger partial charge in [-0.25, -0.2) is 4.98 Å². The molecule has 2 heterocycles. The summed E-state index contributed by atoms with van der Waals surface area (Å²) in [5.41, 5.74) is 1.48. The van der Waals surface area contributed by atoms with Gasteiger partial charge in [-0.05, 0) is 17.7 Å². The zero-order valence-corrected chi connectivity index (χ0v) is 14.4. The quantitative estimate of drug-likeness (QED) is 0.641. The topological polar surface area (TPSA) is 94.4 Å². The maximum absolute atomic E-state index is 12.4. The SMILES string of the molecule is CC(C)(C)c1[nH]cnc1/C=c1\[nH]c(=O)/c(=C/[13c]2[13cH][13cH][13cH][13cH][13cH]2)[nH]c1=O. The predicted octanol–water partition coefficient (Wildman–Crippen LogP) is 0.741. The summed E-state index contributed by atoms with van der Waals surface area (Å²) in [4.78, 5) is 37.3. The van der Waals surface area contributed by atoms with Gasteiger partial charge in [0.2, 0.25) is 0 Å². The third-order valence-corrected chi connectivity index (χ3v) is 3.80. The average molecular weight is 342 g/mol. The first-order valence-electron chi connectivity index (χ1n) is 7.99. The zero-order chi connectivity index (χ0) is 18.0. The van der Waals surface area contributed by atoms with Crippen LogP contribution in [0.15, 0.2) is 46.2 Å². The van der Waals surface area contributed by atoms with Crippen molar-refractivity contribution in [1.82, 2.24) is 19.9 Å². The Morgan fingerprint density at radius 1 is 0.920 bits per heavy atom. The van der Waals surface area contributed by atoms with Gasteiger partial charge in [-0.2, -0.15) is 0 Å². The third-order valence-electron chi connectivity index (χ3n) is 3.80. The van der Waals surface area contributed by atoms with E-state index in [0.29, 0.717) is 5.69 Å². The summed E-state index contributed by atoms with van der Waals surface area (Å²) in [6.07, 6.45) is 4.80. The number of hydrogen-bond donors (Lipinski definition) is 3. The lowest BCUT2D eigenvalue weighted by Crippen LogP contribution is -2.46. The molecule has 3 N–H and O–H groups in total. The van der Waals surface area contributed by atoms with Gasteiger partial charge in [-0.1, -0.05) is 51.1 Å². The Hall–Kier alpha value is -3.15. The van der Waals surface area contributed by atoms with E-state index in [0.717, 1.165) is 11.3 Å². The third kappa shape index (κ3) is 3.68. The van der Waals surface area contributed by atoms with Gasteiger partial charge in [-0.15, -0.1) is 0 Å². The summed E-state index contributed by atoms with van der Waals surface area (Å²) in [7, 11) is 0. The molecule has 6 heteroatoms. The predicted molar refractivity (Wildman–Crippen MR) is 97.8 cm³/mol. The number of benzene rings is 1. The number of H-pyrrole nitrogens is 3. The molecule has 0 amide bonds. The molecule has 0 atom stereocenters. The molecule has 2 aromatic heterocycles. The monoisotopic (exact) mass is 342 g/mol. The molecule has 128 valence electrons. The standard InChI is InChI=1S/C19H20N4O2/c1-19(2,3)16-13(20-11-21-16)10-15-18(25)22-14(17(24)23-15)9-12-7-5-4-6-8-12/h4-11H,1-3H3,(H,20,21)(H,22,25)(H,23,24)/b14-9-,15-10-/i4+1,5+1,6+1,7+1,8+1,12+1. The molecular formula is C19H20N4O2. The summed E-state index contributed by atoms with van der Waals surface area (Å²) in [5.74, 6) is 0. The molecular weight excluding hydrogens is 322 g/mol. The number of nitrogens with zero attached hydrogens (tertiary/aromatic N) is 1. The van der Waals surface area contributed by atoms with Crippen LogP contribution < -0.4 is 21.8 Å². The minimum atomic E-state index is -0.371. The maximum atomic E-state index is 12.4. The lowest BCUT2D eigenvalue weighted by atomic mass is 9.90. The highest BCUT2D eigenvalue weighted by molar-refractivity contribution is 5.49. The van der Waals surface area contributed by atoms with Gasteiger partial charge in [0.15, 0.2) is 0 Å². The van der Waals surface area contributed by atoms with E-state index < -0.39 is 0 Å². The fourth-order valence-corrected chi connectivity index (χ4v) is 2.56. The number of imidazole rings is 1. The second-order valence-corrected chi connectivity index (χ2v) is 6.85. The van der Waals surface area contributed by atoms with E-state index >= 15 is 0 Å². The number of nitrogens with one attached hydrogen (secondary N) is 3. The fraction of sp³-hybridized carbons (Fsp3) is 0.211. The van der Waals surface area contributed by atoms with Crippen molar-refractivity contribution in [3.63, 3.8) is 0 Å². The Morgan fingerprint density at radius 3 is 2.12 bits per heavy atom. The van der Waals surface area contributed by atoms with Gasteiger partial charge in [0.05, 0.1) is 12.0 Å². The number of aromatic amines is 3. The van der Waals surface area contributed by atoms with Gasteiger partial charge in [-0.3, -0.25) is 9.59 Å². The van der Waals surface area contributed by atoms with Crippen LogP contribution in [0.4, 0.5) is 0 Å². The van der Waals surface area contributed by atoms with E-state index in [2.05, 4.69) is 19.9 Å². The Balaban J connectivity index is 2.14. The molecule has 0 saturated heterocycles. The fourth-order valence-electron chi connectivity index (χ4n) is 2.56. The first-order chi connectivity index (χ1) is 11.8. The van der Waals surface area contributed by atoms with Crippen LogP contribution in [-0.2, 0) is 5.41 Å². The van der Waals surface area contributed by atoms with E-state index in [4.69, 9.17) is 0 Å². The number of hydrogen-bond acceptors (Lipinski definition) is 3. The Kier molecular flexibility index (Phi) is 4.27. The lowest BCUT2D eigenvalue weighted by Gasteiger charge is -2.16. The van der Waals surface area contributed by atoms with Crippen LogP contribution in [0.3, 0.4) is 0 Å². The smallest absolute Gasteiger partial charge is 0.272 e. The summed E-state index contributed by atoms with van der Waals surface area (Å²) >= 11 is 0.